The minimum Gasteiger partial charge on any atom is -0.384 e. The van der Waals surface area contributed by atoms with E-state index in [0.29, 0.717) is 12.5 Å². The molecular formula is C8H10ClNO3. The third-order valence-electron chi connectivity index (χ3n) is 1.48. The Balaban J connectivity index is 2.67. The lowest BCUT2D eigenvalue weighted by atomic mass is 10.2. The summed E-state index contributed by atoms with van der Waals surface area (Å²) in [5.41, 5.74) is 0.0698. The highest BCUT2D eigenvalue weighted by Crippen LogP contribution is 2.18. The number of halogens is 1. The molecule has 1 aliphatic heterocycles. The molecule has 1 rings (SSSR count). The van der Waals surface area contributed by atoms with Crippen LogP contribution in [0.4, 0.5) is 0 Å². The molecule has 0 bridgehead atoms. The Bertz CT molecular complexity index is 283. The monoisotopic (exact) mass is 203 g/mol. The van der Waals surface area contributed by atoms with Crippen LogP contribution in [0.25, 0.3) is 0 Å². The second kappa shape index (κ2) is 3.79. The third-order valence-corrected chi connectivity index (χ3v) is 1.82. The lowest BCUT2D eigenvalue weighted by molar-refractivity contribution is -0.151. The first-order valence-electron chi connectivity index (χ1n) is 3.92. The van der Waals surface area contributed by atoms with Crippen LogP contribution in [0.3, 0.4) is 0 Å². The van der Waals surface area contributed by atoms with Crippen molar-refractivity contribution in [2.75, 3.05) is 6.54 Å². The molecule has 0 radical (unpaired) electrons. The first-order chi connectivity index (χ1) is 6.02. The molecule has 1 aliphatic rings. The highest BCUT2D eigenvalue weighted by Gasteiger charge is 2.31. The van der Waals surface area contributed by atoms with Crippen LogP contribution in [0.5, 0.6) is 0 Å². The predicted octanol–water partition coefficient (Wildman–Crippen LogP) is 0.766. The Morgan fingerprint density at radius 1 is 1.38 bits per heavy atom. The van der Waals surface area contributed by atoms with Gasteiger partial charge in [0, 0.05) is 6.54 Å². The van der Waals surface area contributed by atoms with Crippen molar-refractivity contribution in [2.24, 2.45) is 5.92 Å². The van der Waals surface area contributed by atoms with Crippen molar-refractivity contribution in [1.29, 1.82) is 0 Å². The Morgan fingerprint density at radius 2 is 2.00 bits per heavy atom. The summed E-state index contributed by atoms with van der Waals surface area (Å²) in [4.78, 5) is 21.7. The van der Waals surface area contributed by atoms with Crippen LogP contribution in [0, 0.1) is 5.92 Å². The van der Waals surface area contributed by atoms with Gasteiger partial charge in [0.2, 0.25) is 0 Å². The van der Waals surface area contributed by atoms with E-state index in [4.69, 9.17) is 11.6 Å². The van der Waals surface area contributed by atoms with E-state index in [1.165, 1.54) is 0 Å². The van der Waals surface area contributed by atoms with Crippen LogP contribution in [0.1, 0.15) is 13.8 Å². The standard InChI is InChI=1S/C8H10ClNO3/c1-4(2)3-10-6-5(9)7(11)13-8(6)12/h4,10H,3H2,1-2H3. The molecule has 13 heavy (non-hydrogen) atoms. The van der Waals surface area contributed by atoms with Gasteiger partial charge in [-0.2, -0.15) is 0 Å². The smallest absolute Gasteiger partial charge is 0.364 e. The van der Waals surface area contributed by atoms with Gasteiger partial charge in [0.25, 0.3) is 0 Å². The fourth-order valence-electron chi connectivity index (χ4n) is 0.828. The Morgan fingerprint density at radius 3 is 2.38 bits per heavy atom. The van der Waals surface area contributed by atoms with E-state index >= 15 is 0 Å². The van der Waals surface area contributed by atoms with Gasteiger partial charge in [-0.05, 0) is 5.92 Å². The first-order valence-corrected chi connectivity index (χ1v) is 4.30. The third kappa shape index (κ3) is 2.21. The minimum atomic E-state index is -0.780. The van der Waals surface area contributed by atoms with E-state index < -0.39 is 11.9 Å². The van der Waals surface area contributed by atoms with Crippen molar-refractivity contribution < 1.29 is 14.3 Å². The van der Waals surface area contributed by atoms with Crippen LogP contribution in [0.2, 0.25) is 0 Å². The molecule has 1 heterocycles. The summed E-state index contributed by atoms with van der Waals surface area (Å²) in [6, 6.07) is 0. The molecule has 0 amide bonds. The van der Waals surface area contributed by atoms with Crippen molar-refractivity contribution in [2.45, 2.75) is 13.8 Å². The molecule has 72 valence electrons. The van der Waals surface area contributed by atoms with Crippen molar-refractivity contribution in [3.8, 4) is 0 Å². The summed E-state index contributed by atoms with van der Waals surface area (Å²) >= 11 is 5.53. The quantitative estimate of drug-likeness (QED) is 0.544. The molecule has 1 N–H and O–H groups in total. The summed E-state index contributed by atoms with van der Waals surface area (Å²) in [5.74, 6) is -1.12. The van der Waals surface area contributed by atoms with Crippen molar-refractivity contribution in [1.82, 2.24) is 5.32 Å². The second-order valence-corrected chi connectivity index (χ2v) is 3.52. The molecule has 0 aromatic heterocycles. The summed E-state index contributed by atoms with van der Waals surface area (Å²) in [6.07, 6.45) is 0. The average Bonchev–Trinajstić information content (AvgIpc) is 2.24. The molecular weight excluding hydrogens is 194 g/mol. The topological polar surface area (TPSA) is 55.4 Å². The molecule has 0 saturated carbocycles. The summed E-state index contributed by atoms with van der Waals surface area (Å²) < 4.78 is 4.27. The van der Waals surface area contributed by atoms with Gasteiger partial charge in [-0.25, -0.2) is 9.59 Å². The summed E-state index contributed by atoms with van der Waals surface area (Å²) in [7, 11) is 0. The Kier molecular flexibility index (Phi) is 2.93. The van der Waals surface area contributed by atoms with E-state index in [-0.39, 0.29) is 10.7 Å². The predicted molar refractivity (Wildman–Crippen MR) is 46.8 cm³/mol. The number of rotatable bonds is 3. The van der Waals surface area contributed by atoms with Gasteiger partial charge >= 0.3 is 11.9 Å². The van der Waals surface area contributed by atoms with Gasteiger partial charge in [-0.3, -0.25) is 0 Å². The van der Waals surface area contributed by atoms with E-state index in [9.17, 15) is 9.59 Å². The van der Waals surface area contributed by atoms with E-state index in [1.54, 1.807) is 0 Å². The lowest BCUT2D eigenvalue weighted by Gasteiger charge is -2.06. The van der Waals surface area contributed by atoms with Gasteiger partial charge in [0.15, 0.2) is 5.03 Å². The molecule has 0 unspecified atom stereocenters. The number of nitrogens with one attached hydrogen (secondary N) is 1. The van der Waals surface area contributed by atoms with Crippen LogP contribution >= 0.6 is 11.6 Å². The number of hydrogen-bond acceptors (Lipinski definition) is 4. The molecule has 0 atom stereocenters. The molecule has 0 saturated heterocycles. The fourth-order valence-corrected chi connectivity index (χ4v) is 1.01. The minimum absolute atomic E-state index is 0.0698. The normalized spacial score (nSPS) is 16.9. The van der Waals surface area contributed by atoms with Crippen molar-refractivity contribution in [3.63, 3.8) is 0 Å². The summed E-state index contributed by atoms with van der Waals surface area (Å²) in [5, 5.41) is 2.60. The molecule has 0 aliphatic carbocycles. The number of cyclic esters (lactones) is 2. The van der Waals surface area contributed by atoms with Gasteiger partial charge < -0.3 is 10.1 Å². The molecule has 0 spiro atoms. The SMILES string of the molecule is CC(C)CNC1=C(Cl)C(=O)OC1=O. The summed E-state index contributed by atoms with van der Waals surface area (Å²) in [6.45, 7) is 4.53. The van der Waals surface area contributed by atoms with Gasteiger partial charge in [-0.15, -0.1) is 0 Å². The van der Waals surface area contributed by atoms with E-state index in [2.05, 4.69) is 10.1 Å². The maximum Gasteiger partial charge on any atom is 0.364 e. The van der Waals surface area contributed by atoms with E-state index in [0.717, 1.165) is 0 Å². The van der Waals surface area contributed by atoms with Crippen molar-refractivity contribution in [3.05, 3.63) is 10.7 Å². The lowest BCUT2D eigenvalue weighted by Crippen LogP contribution is -2.23. The molecule has 4 nitrogen and oxygen atoms in total. The highest BCUT2D eigenvalue weighted by atomic mass is 35.5. The Labute approximate surface area is 80.9 Å². The van der Waals surface area contributed by atoms with Crippen LogP contribution in [-0.4, -0.2) is 18.5 Å². The van der Waals surface area contributed by atoms with Crippen LogP contribution in [0.15, 0.2) is 10.7 Å². The average molecular weight is 204 g/mol. The zero-order valence-electron chi connectivity index (χ0n) is 7.39. The zero-order chi connectivity index (χ0) is 10.0. The number of hydrogen-bond donors (Lipinski definition) is 1. The fraction of sp³-hybridized carbons (Fsp3) is 0.500. The Hall–Kier alpha value is -1.03. The molecule has 0 aromatic carbocycles. The number of ether oxygens (including phenoxy) is 1. The number of carbonyl (C=O) groups excluding carboxylic acids is 2. The maximum absolute atomic E-state index is 11.0. The van der Waals surface area contributed by atoms with E-state index in [1.807, 2.05) is 13.8 Å². The number of esters is 2. The largest absolute Gasteiger partial charge is 0.384 e. The maximum atomic E-state index is 11.0. The van der Waals surface area contributed by atoms with Gasteiger partial charge in [-0.1, -0.05) is 25.4 Å². The molecule has 5 heteroatoms. The van der Waals surface area contributed by atoms with Crippen LogP contribution < -0.4 is 5.32 Å². The number of carbonyl (C=O) groups is 2. The van der Waals surface area contributed by atoms with Gasteiger partial charge in [0.05, 0.1) is 0 Å². The highest BCUT2D eigenvalue weighted by molar-refractivity contribution is 6.45. The van der Waals surface area contributed by atoms with Crippen molar-refractivity contribution >= 4 is 23.5 Å². The first kappa shape index (κ1) is 10.1. The molecule has 0 fully saturated rings. The van der Waals surface area contributed by atoms with Gasteiger partial charge in [0.1, 0.15) is 5.70 Å². The second-order valence-electron chi connectivity index (χ2n) is 3.14. The molecule has 0 aromatic rings. The van der Waals surface area contributed by atoms with Crippen LogP contribution in [-0.2, 0) is 14.3 Å². The zero-order valence-corrected chi connectivity index (χ0v) is 8.14.